The number of likely N-dealkylation sites (N-methyl/N-ethyl adjacent to an activating group) is 1. The monoisotopic (exact) mass is 414 g/mol. The number of methoxy groups -OCH3 is 1. The van der Waals surface area contributed by atoms with Crippen LogP contribution in [0.15, 0.2) is 54.1 Å². The lowest BCUT2D eigenvalue weighted by Gasteiger charge is -2.26. The van der Waals surface area contributed by atoms with Gasteiger partial charge in [0, 0.05) is 23.7 Å². The molecule has 1 saturated heterocycles. The summed E-state index contributed by atoms with van der Waals surface area (Å²) in [4.78, 5) is 29.2. The van der Waals surface area contributed by atoms with E-state index in [1.54, 1.807) is 49.6 Å². The van der Waals surface area contributed by atoms with Crippen molar-refractivity contribution >= 4 is 29.1 Å². The molecular formula is C22H23ClN2O4. The van der Waals surface area contributed by atoms with Crippen molar-refractivity contribution in [1.82, 2.24) is 9.80 Å². The van der Waals surface area contributed by atoms with Crippen molar-refractivity contribution in [2.75, 3.05) is 34.3 Å². The molecule has 1 unspecified atom stereocenters. The number of aliphatic hydroxyl groups is 1. The highest BCUT2D eigenvalue weighted by atomic mass is 35.5. The highest BCUT2D eigenvalue weighted by molar-refractivity contribution is 6.46. The number of rotatable bonds is 6. The van der Waals surface area contributed by atoms with E-state index in [1.807, 2.05) is 25.1 Å². The Labute approximate surface area is 174 Å². The molecule has 3 rings (SSSR count). The Morgan fingerprint density at radius 2 is 1.90 bits per heavy atom. The molecule has 0 aromatic heterocycles. The molecule has 1 aliphatic rings. The second kappa shape index (κ2) is 8.68. The normalized spacial score (nSPS) is 18.5. The Morgan fingerprint density at radius 1 is 1.17 bits per heavy atom. The first-order valence-corrected chi connectivity index (χ1v) is 9.54. The van der Waals surface area contributed by atoms with Gasteiger partial charge in [-0.25, -0.2) is 0 Å². The van der Waals surface area contributed by atoms with E-state index in [0.717, 1.165) is 0 Å². The molecular weight excluding hydrogens is 392 g/mol. The molecule has 1 fully saturated rings. The molecule has 1 heterocycles. The second-order valence-corrected chi connectivity index (χ2v) is 7.52. The molecule has 0 saturated carbocycles. The Bertz CT molecular complexity index is 971. The number of carbonyl (C=O) groups is 2. The minimum atomic E-state index is -0.718. The third-order valence-corrected chi connectivity index (χ3v) is 5.07. The molecule has 2 aromatic rings. The summed E-state index contributed by atoms with van der Waals surface area (Å²) in [6.45, 7) is 0.913. The Hall–Kier alpha value is -2.83. The SMILES string of the molecule is COc1cccc(C2/C(=C(/O)c3cccc(Cl)c3)C(=O)C(=O)N2CCN(C)C)c1. The number of amides is 1. The molecule has 2 aromatic carbocycles. The number of nitrogens with zero attached hydrogens (tertiary/aromatic N) is 2. The van der Waals surface area contributed by atoms with Crippen molar-refractivity contribution < 1.29 is 19.4 Å². The number of halogens is 1. The Morgan fingerprint density at radius 3 is 2.55 bits per heavy atom. The lowest BCUT2D eigenvalue weighted by molar-refractivity contribution is -0.140. The molecule has 1 atom stereocenters. The first kappa shape index (κ1) is 20.9. The van der Waals surface area contributed by atoms with Gasteiger partial charge in [0.05, 0.1) is 18.7 Å². The van der Waals surface area contributed by atoms with E-state index < -0.39 is 17.7 Å². The maximum Gasteiger partial charge on any atom is 0.295 e. The van der Waals surface area contributed by atoms with Crippen LogP contribution in [0.3, 0.4) is 0 Å². The van der Waals surface area contributed by atoms with Gasteiger partial charge in [0.25, 0.3) is 11.7 Å². The van der Waals surface area contributed by atoms with Crippen molar-refractivity contribution in [3.05, 3.63) is 70.3 Å². The molecule has 1 amide bonds. The van der Waals surface area contributed by atoms with Gasteiger partial charge in [-0.2, -0.15) is 0 Å². The van der Waals surface area contributed by atoms with Crippen molar-refractivity contribution in [2.45, 2.75) is 6.04 Å². The maximum atomic E-state index is 12.9. The van der Waals surface area contributed by atoms with E-state index in [1.165, 1.54) is 4.90 Å². The number of likely N-dealkylation sites (tertiary alicyclic amines) is 1. The first-order valence-electron chi connectivity index (χ1n) is 9.16. The van der Waals surface area contributed by atoms with Crippen molar-refractivity contribution in [3.8, 4) is 5.75 Å². The summed E-state index contributed by atoms with van der Waals surface area (Å²) in [5.74, 6) is -0.994. The van der Waals surface area contributed by atoms with Crippen LogP contribution in [0.25, 0.3) is 5.76 Å². The summed E-state index contributed by atoms with van der Waals surface area (Å²) < 4.78 is 5.31. The topological polar surface area (TPSA) is 70.1 Å². The minimum absolute atomic E-state index is 0.0456. The van der Waals surface area contributed by atoms with Crippen molar-refractivity contribution in [3.63, 3.8) is 0 Å². The average Bonchev–Trinajstić information content (AvgIpc) is 2.96. The highest BCUT2D eigenvalue weighted by Gasteiger charge is 2.46. The van der Waals surface area contributed by atoms with Gasteiger partial charge in [-0.1, -0.05) is 35.9 Å². The molecule has 0 spiro atoms. The van der Waals surface area contributed by atoms with Crippen LogP contribution in [0.2, 0.25) is 5.02 Å². The fraction of sp³-hybridized carbons (Fsp3) is 0.273. The molecule has 1 N–H and O–H groups in total. The van der Waals surface area contributed by atoms with E-state index in [9.17, 15) is 14.7 Å². The molecule has 7 heteroatoms. The predicted octanol–water partition coefficient (Wildman–Crippen LogP) is 3.33. The van der Waals surface area contributed by atoms with Gasteiger partial charge in [0.1, 0.15) is 11.5 Å². The van der Waals surface area contributed by atoms with Crippen LogP contribution in [0.4, 0.5) is 0 Å². The molecule has 0 aliphatic carbocycles. The molecule has 29 heavy (non-hydrogen) atoms. The summed E-state index contributed by atoms with van der Waals surface area (Å²) in [5.41, 5.74) is 1.12. The van der Waals surface area contributed by atoms with E-state index >= 15 is 0 Å². The minimum Gasteiger partial charge on any atom is -0.507 e. The molecule has 6 nitrogen and oxygen atoms in total. The van der Waals surface area contributed by atoms with Crippen LogP contribution in [-0.4, -0.2) is 60.9 Å². The fourth-order valence-electron chi connectivity index (χ4n) is 3.37. The zero-order valence-electron chi connectivity index (χ0n) is 16.6. The fourth-order valence-corrected chi connectivity index (χ4v) is 3.56. The maximum absolute atomic E-state index is 12.9. The van der Waals surface area contributed by atoms with Crippen LogP contribution in [0, 0.1) is 0 Å². The van der Waals surface area contributed by atoms with Gasteiger partial charge in [-0.3, -0.25) is 9.59 Å². The van der Waals surface area contributed by atoms with E-state index in [4.69, 9.17) is 16.3 Å². The summed E-state index contributed by atoms with van der Waals surface area (Å²) in [7, 11) is 5.33. The summed E-state index contributed by atoms with van der Waals surface area (Å²) in [6, 6.07) is 13.0. The molecule has 0 radical (unpaired) electrons. The Balaban J connectivity index is 2.17. The van der Waals surface area contributed by atoms with Gasteiger partial charge in [0.15, 0.2) is 0 Å². The predicted molar refractivity (Wildman–Crippen MR) is 112 cm³/mol. The van der Waals surface area contributed by atoms with Gasteiger partial charge < -0.3 is 19.6 Å². The quantitative estimate of drug-likeness (QED) is 0.446. The highest BCUT2D eigenvalue weighted by Crippen LogP contribution is 2.40. The van der Waals surface area contributed by atoms with E-state index in [-0.39, 0.29) is 11.3 Å². The summed E-state index contributed by atoms with van der Waals surface area (Å²) in [6.07, 6.45) is 0. The number of aliphatic hydroxyl groups excluding tert-OH is 1. The lowest BCUT2D eigenvalue weighted by atomic mass is 9.95. The van der Waals surface area contributed by atoms with Crippen LogP contribution < -0.4 is 4.74 Å². The van der Waals surface area contributed by atoms with E-state index in [0.29, 0.717) is 35.0 Å². The summed E-state index contributed by atoms with van der Waals surface area (Å²) in [5, 5.41) is 11.4. The number of ether oxygens (including phenoxy) is 1. The Kier molecular flexibility index (Phi) is 6.25. The van der Waals surface area contributed by atoms with Crippen LogP contribution in [-0.2, 0) is 9.59 Å². The molecule has 0 bridgehead atoms. The standard InChI is InChI=1S/C22H23ClN2O4/c1-24(2)10-11-25-19(14-6-5-9-17(13-14)29-3)18(21(27)22(25)28)20(26)15-7-4-8-16(23)12-15/h4-9,12-13,19,26H,10-11H2,1-3H3/b20-18-. The zero-order chi connectivity index (χ0) is 21.1. The lowest BCUT2D eigenvalue weighted by Crippen LogP contribution is -2.35. The van der Waals surface area contributed by atoms with Crippen LogP contribution in [0.5, 0.6) is 5.75 Å². The average molecular weight is 415 g/mol. The zero-order valence-corrected chi connectivity index (χ0v) is 17.3. The van der Waals surface area contributed by atoms with Gasteiger partial charge in [-0.15, -0.1) is 0 Å². The first-order chi connectivity index (χ1) is 13.8. The summed E-state index contributed by atoms with van der Waals surface area (Å²) >= 11 is 6.05. The number of hydrogen-bond acceptors (Lipinski definition) is 5. The number of benzene rings is 2. The number of Topliss-reactive ketones (excluding diaryl/α,β-unsaturated/α-hetero) is 1. The van der Waals surface area contributed by atoms with Crippen molar-refractivity contribution in [2.24, 2.45) is 0 Å². The third kappa shape index (κ3) is 4.28. The number of hydrogen-bond donors (Lipinski definition) is 1. The van der Waals surface area contributed by atoms with Crippen LogP contribution in [0.1, 0.15) is 17.2 Å². The van der Waals surface area contributed by atoms with Crippen molar-refractivity contribution in [1.29, 1.82) is 0 Å². The number of ketones is 1. The molecule has 1 aliphatic heterocycles. The van der Waals surface area contributed by atoms with E-state index in [2.05, 4.69) is 0 Å². The smallest absolute Gasteiger partial charge is 0.295 e. The van der Waals surface area contributed by atoms with Gasteiger partial charge in [-0.05, 0) is 43.9 Å². The second-order valence-electron chi connectivity index (χ2n) is 7.08. The third-order valence-electron chi connectivity index (χ3n) is 4.84. The largest absolute Gasteiger partial charge is 0.507 e. The van der Waals surface area contributed by atoms with Gasteiger partial charge >= 0.3 is 0 Å². The molecule has 152 valence electrons. The van der Waals surface area contributed by atoms with Crippen LogP contribution >= 0.6 is 11.6 Å². The number of carbonyl (C=O) groups excluding carboxylic acids is 2. The van der Waals surface area contributed by atoms with Gasteiger partial charge in [0.2, 0.25) is 0 Å².